The molecule has 0 spiro atoms. The SMILES string of the molecule is Fc1ccc(OC(F)(F)F)cc1CNC1OC1N1CCCCC1. The van der Waals surface area contributed by atoms with Crippen LogP contribution < -0.4 is 10.1 Å². The molecule has 1 aromatic carbocycles. The molecule has 2 atom stereocenters. The molecule has 1 N–H and O–H groups in total. The van der Waals surface area contributed by atoms with Crippen LogP contribution in [-0.4, -0.2) is 36.8 Å². The maximum atomic E-state index is 13.7. The van der Waals surface area contributed by atoms with Crippen molar-refractivity contribution in [2.45, 2.75) is 44.6 Å². The molecule has 2 saturated heterocycles. The summed E-state index contributed by atoms with van der Waals surface area (Å²) in [6.45, 7) is 2.04. The Morgan fingerprint density at radius 1 is 1.22 bits per heavy atom. The maximum Gasteiger partial charge on any atom is 0.573 e. The normalized spacial score (nSPS) is 25.4. The first kappa shape index (κ1) is 16.5. The predicted octanol–water partition coefficient (Wildman–Crippen LogP) is 2.98. The highest BCUT2D eigenvalue weighted by atomic mass is 19.4. The maximum absolute atomic E-state index is 13.7. The second-order valence-electron chi connectivity index (χ2n) is 5.73. The van der Waals surface area contributed by atoms with E-state index in [1.165, 1.54) is 6.42 Å². The van der Waals surface area contributed by atoms with E-state index >= 15 is 0 Å². The van der Waals surface area contributed by atoms with Gasteiger partial charge in [0, 0.05) is 25.2 Å². The fourth-order valence-electron chi connectivity index (χ4n) is 2.80. The molecule has 0 bridgehead atoms. The number of halogens is 4. The van der Waals surface area contributed by atoms with Crippen LogP contribution in [0.1, 0.15) is 24.8 Å². The van der Waals surface area contributed by atoms with Crippen molar-refractivity contribution < 1.29 is 27.0 Å². The zero-order chi connectivity index (χ0) is 16.4. The minimum absolute atomic E-state index is 0.0204. The summed E-state index contributed by atoms with van der Waals surface area (Å²) >= 11 is 0. The molecule has 0 radical (unpaired) electrons. The van der Waals surface area contributed by atoms with E-state index in [9.17, 15) is 17.6 Å². The summed E-state index contributed by atoms with van der Waals surface area (Å²) in [5, 5.41) is 3.01. The third kappa shape index (κ3) is 4.55. The molecule has 0 saturated carbocycles. The van der Waals surface area contributed by atoms with Gasteiger partial charge in [0.2, 0.25) is 0 Å². The fraction of sp³-hybridized carbons (Fsp3) is 0.600. The summed E-state index contributed by atoms with van der Waals surface area (Å²) in [5.74, 6) is -1.01. The van der Waals surface area contributed by atoms with Gasteiger partial charge >= 0.3 is 6.36 Å². The lowest BCUT2D eigenvalue weighted by atomic mass is 10.1. The number of piperidine rings is 1. The molecular weight excluding hydrogens is 316 g/mol. The first-order valence-electron chi connectivity index (χ1n) is 7.59. The van der Waals surface area contributed by atoms with Crippen LogP contribution in [0.15, 0.2) is 18.2 Å². The molecule has 2 unspecified atom stereocenters. The number of epoxide rings is 1. The predicted molar refractivity (Wildman–Crippen MR) is 74.0 cm³/mol. The molecule has 2 aliphatic heterocycles. The Morgan fingerprint density at radius 2 is 1.96 bits per heavy atom. The third-order valence-electron chi connectivity index (χ3n) is 3.96. The quantitative estimate of drug-likeness (QED) is 0.663. The van der Waals surface area contributed by atoms with Crippen LogP contribution in [0.4, 0.5) is 17.6 Å². The van der Waals surface area contributed by atoms with Crippen molar-refractivity contribution in [3.8, 4) is 5.75 Å². The first-order valence-corrected chi connectivity index (χ1v) is 7.59. The van der Waals surface area contributed by atoms with Crippen LogP contribution in [0.2, 0.25) is 0 Å². The van der Waals surface area contributed by atoms with E-state index in [4.69, 9.17) is 4.74 Å². The summed E-state index contributed by atoms with van der Waals surface area (Å²) in [4.78, 5) is 2.22. The van der Waals surface area contributed by atoms with Crippen LogP contribution in [0.5, 0.6) is 5.75 Å². The van der Waals surface area contributed by atoms with Crippen molar-refractivity contribution in [1.29, 1.82) is 0 Å². The van der Waals surface area contributed by atoms with E-state index in [2.05, 4.69) is 15.0 Å². The average Bonchev–Trinajstić information content (AvgIpc) is 3.27. The minimum Gasteiger partial charge on any atom is -0.406 e. The molecule has 1 aromatic rings. The number of likely N-dealkylation sites (tertiary alicyclic amines) is 1. The minimum atomic E-state index is -4.79. The number of ether oxygens (including phenoxy) is 2. The van der Waals surface area contributed by atoms with Gasteiger partial charge in [-0.25, -0.2) is 4.39 Å². The van der Waals surface area contributed by atoms with E-state index < -0.39 is 17.9 Å². The molecule has 0 aliphatic carbocycles. The largest absolute Gasteiger partial charge is 0.573 e. The van der Waals surface area contributed by atoms with Crippen LogP contribution in [0, 0.1) is 5.82 Å². The first-order chi connectivity index (χ1) is 10.9. The van der Waals surface area contributed by atoms with Gasteiger partial charge in [0.25, 0.3) is 0 Å². The molecule has 2 aliphatic rings. The number of nitrogens with zero attached hydrogens (tertiary/aromatic N) is 1. The van der Waals surface area contributed by atoms with Gasteiger partial charge in [-0.1, -0.05) is 6.42 Å². The van der Waals surface area contributed by atoms with Gasteiger partial charge in [0.05, 0.1) is 0 Å². The standard InChI is InChI=1S/C15H18F4N2O2/c16-12-5-4-11(23-15(17,18)19)8-10(12)9-20-13-14(22-13)21-6-2-1-3-7-21/h4-5,8,13-14,20H,1-3,6-7,9H2. The fourth-order valence-corrected chi connectivity index (χ4v) is 2.80. The van der Waals surface area contributed by atoms with Gasteiger partial charge < -0.3 is 9.47 Å². The Balaban J connectivity index is 1.53. The topological polar surface area (TPSA) is 37.0 Å². The second kappa shape index (κ2) is 6.62. The van der Waals surface area contributed by atoms with Gasteiger partial charge in [-0.05, 0) is 31.0 Å². The Bertz CT molecular complexity index is 547. The van der Waals surface area contributed by atoms with E-state index in [0.29, 0.717) is 0 Å². The molecule has 8 heteroatoms. The Hall–Kier alpha value is -1.38. The van der Waals surface area contributed by atoms with Crippen molar-refractivity contribution in [3.63, 3.8) is 0 Å². The summed E-state index contributed by atoms with van der Waals surface area (Å²) in [7, 11) is 0. The van der Waals surface area contributed by atoms with Crippen LogP contribution in [0.25, 0.3) is 0 Å². The van der Waals surface area contributed by atoms with Gasteiger partial charge in [-0.15, -0.1) is 13.2 Å². The van der Waals surface area contributed by atoms with Crippen molar-refractivity contribution in [3.05, 3.63) is 29.6 Å². The van der Waals surface area contributed by atoms with E-state index in [0.717, 1.165) is 44.1 Å². The monoisotopic (exact) mass is 334 g/mol. The zero-order valence-corrected chi connectivity index (χ0v) is 12.4. The summed E-state index contributed by atoms with van der Waals surface area (Å²) in [6.07, 6.45) is -1.52. The van der Waals surface area contributed by atoms with E-state index in [1.807, 2.05) is 0 Å². The third-order valence-corrected chi connectivity index (χ3v) is 3.96. The van der Waals surface area contributed by atoms with Crippen LogP contribution in [0.3, 0.4) is 0 Å². The Kier molecular flexibility index (Phi) is 4.74. The molecule has 2 heterocycles. The lowest BCUT2D eigenvalue weighted by Gasteiger charge is -2.24. The second-order valence-corrected chi connectivity index (χ2v) is 5.73. The van der Waals surface area contributed by atoms with Gasteiger partial charge in [-0.3, -0.25) is 10.2 Å². The molecule has 0 aromatic heterocycles. The van der Waals surface area contributed by atoms with Gasteiger partial charge in [0.1, 0.15) is 11.6 Å². The number of hydrogen-bond donors (Lipinski definition) is 1. The molecule has 3 rings (SSSR count). The lowest BCUT2D eigenvalue weighted by Crippen LogP contribution is -2.36. The van der Waals surface area contributed by atoms with Gasteiger partial charge in [0.15, 0.2) is 12.5 Å². The zero-order valence-electron chi connectivity index (χ0n) is 12.4. The van der Waals surface area contributed by atoms with Crippen molar-refractivity contribution >= 4 is 0 Å². The summed E-state index contributed by atoms with van der Waals surface area (Å²) in [5.41, 5.74) is 0.111. The highest BCUT2D eigenvalue weighted by Crippen LogP contribution is 2.28. The highest BCUT2D eigenvalue weighted by molar-refractivity contribution is 5.30. The molecule has 2 fully saturated rings. The molecule has 128 valence electrons. The molecule has 0 amide bonds. The summed E-state index contributed by atoms with van der Waals surface area (Å²) < 4.78 is 59.6. The lowest BCUT2D eigenvalue weighted by molar-refractivity contribution is -0.274. The molecular formula is C15H18F4N2O2. The van der Waals surface area contributed by atoms with Crippen molar-refractivity contribution in [1.82, 2.24) is 10.2 Å². The Labute approximate surface area is 131 Å². The number of hydrogen-bond acceptors (Lipinski definition) is 4. The number of rotatable bonds is 5. The van der Waals surface area contributed by atoms with Crippen molar-refractivity contribution in [2.24, 2.45) is 0 Å². The highest BCUT2D eigenvalue weighted by Gasteiger charge is 2.43. The van der Waals surface area contributed by atoms with Crippen LogP contribution in [-0.2, 0) is 11.3 Å². The van der Waals surface area contributed by atoms with E-state index in [-0.39, 0.29) is 24.6 Å². The Morgan fingerprint density at radius 3 is 2.65 bits per heavy atom. The number of nitrogens with one attached hydrogen (secondary N) is 1. The number of benzene rings is 1. The average molecular weight is 334 g/mol. The smallest absolute Gasteiger partial charge is 0.406 e. The number of alkyl halides is 3. The molecule has 4 nitrogen and oxygen atoms in total. The van der Waals surface area contributed by atoms with Crippen molar-refractivity contribution in [2.75, 3.05) is 13.1 Å². The van der Waals surface area contributed by atoms with Crippen LogP contribution >= 0.6 is 0 Å². The van der Waals surface area contributed by atoms with Gasteiger partial charge in [-0.2, -0.15) is 0 Å². The summed E-state index contributed by atoms with van der Waals surface area (Å²) in [6, 6.07) is 2.97. The molecule has 23 heavy (non-hydrogen) atoms. The van der Waals surface area contributed by atoms with E-state index in [1.54, 1.807) is 0 Å².